The molecule has 0 saturated carbocycles. The fourth-order valence-corrected chi connectivity index (χ4v) is 3.08. The van der Waals surface area contributed by atoms with Crippen LogP contribution in [-0.4, -0.2) is 41.1 Å². The van der Waals surface area contributed by atoms with Gasteiger partial charge in [-0.2, -0.15) is 0 Å². The lowest BCUT2D eigenvalue weighted by molar-refractivity contribution is -0.147. The maximum absolute atomic E-state index is 12.5. The molecule has 0 aromatic heterocycles. The average Bonchev–Trinajstić information content (AvgIpc) is 3.02. The Hall–Kier alpha value is -1.75. The van der Waals surface area contributed by atoms with E-state index < -0.39 is 17.5 Å². The van der Waals surface area contributed by atoms with Crippen molar-refractivity contribution >= 4 is 23.5 Å². The highest BCUT2D eigenvalue weighted by Crippen LogP contribution is 2.34. The third-order valence-corrected chi connectivity index (χ3v) is 4.51. The number of benzene rings is 1. The van der Waals surface area contributed by atoms with Crippen molar-refractivity contribution in [1.29, 1.82) is 0 Å². The van der Waals surface area contributed by atoms with Crippen LogP contribution in [0.1, 0.15) is 18.9 Å². The molecule has 5 nitrogen and oxygen atoms in total. The van der Waals surface area contributed by atoms with Crippen molar-refractivity contribution in [2.24, 2.45) is 5.41 Å². The summed E-state index contributed by atoms with van der Waals surface area (Å²) in [6.45, 7) is 2.36. The Balaban J connectivity index is 1.70. The number of carbonyl (C=O) groups is 2. The van der Waals surface area contributed by atoms with Crippen LogP contribution in [0.5, 0.6) is 5.75 Å². The van der Waals surface area contributed by atoms with Crippen LogP contribution in [0.15, 0.2) is 18.2 Å². The van der Waals surface area contributed by atoms with Crippen LogP contribution in [0.4, 0.5) is 0 Å². The minimum atomic E-state index is -0.861. The predicted octanol–water partition coefficient (Wildman–Crippen LogP) is 1.97. The molecule has 21 heavy (non-hydrogen) atoms. The molecule has 6 heteroatoms. The van der Waals surface area contributed by atoms with E-state index in [0.717, 1.165) is 5.56 Å². The summed E-state index contributed by atoms with van der Waals surface area (Å²) in [5.74, 6) is -0.328. The van der Waals surface area contributed by atoms with E-state index in [1.165, 1.54) is 0 Å². The fraction of sp³-hybridized carbons (Fsp3) is 0.467. The van der Waals surface area contributed by atoms with Gasteiger partial charge in [0.1, 0.15) is 5.75 Å². The van der Waals surface area contributed by atoms with Crippen LogP contribution in [0.2, 0.25) is 5.02 Å². The number of hydrogen-bond donors (Lipinski definition) is 1. The van der Waals surface area contributed by atoms with Gasteiger partial charge in [0, 0.05) is 24.5 Å². The summed E-state index contributed by atoms with van der Waals surface area (Å²) in [6.07, 6.45) is 0.379. The highest BCUT2D eigenvalue weighted by Gasteiger charge is 2.44. The third kappa shape index (κ3) is 2.46. The zero-order chi connectivity index (χ0) is 15.2. The van der Waals surface area contributed by atoms with E-state index in [9.17, 15) is 14.7 Å². The maximum Gasteiger partial charge on any atom is 0.311 e. The monoisotopic (exact) mass is 309 g/mol. The van der Waals surface area contributed by atoms with Crippen LogP contribution in [0.3, 0.4) is 0 Å². The lowest BCUT2D eigenvalue weighted by Gasteiger charge is -2.22. The zero-order valence-corrected chi connectivity index (χ0v) is 12.4. The molecule has 2 aliphatic rings. The van der Waals surface area contributed by atoms with Crippen molar-refractivity contribution in [3.8, 4) is 5.75 Å². The number of halogens is 1. The van der Waals surface area contributed by atoms with Gasteiger partial charge in [0.25, 0.3) is 5.91 Å². The van der Waals surface area contributed by atoms with Crippen LogP contribution < -0.4 is 4.74 Å². The second kappa shape index (κ2) is 4.91. The number of carboxylic acid groups (broad SMARTS) is 1. The van der Waals surface area contributed by atoms with Gasteiger partial charge in [0.05, 0.1) is 5.41 Å². The van der Waals surface area contributed by atoms with E-state index in [2.05, 4.69) is 0 Å². The molecule has 2 aliphatic heterocycles. The summed E-state index contributed by atoms with van der Waals surface area (Å²) >= 11 is 5.93. The predicted molar refractivity (Wildman–Crippen MR) is 76.5 cm³/mol. The van der Waals surface area contributed by atoms with Crippen molar-refractivity contribution in [2.45, 2.75) is 25.9 Å². The molecule has 1 saturated heterocycles. The Labute approximate surface area is 127 Å². The smallest absolute Gasteiger partial charge is 0.311 e. The van der Waals surface area contributed by atoms with Crippen LogP contribution in [0.25, 0.3) is 0 Å². The largest absolute Gasteiger partial charge is 0.481 e. The summed E-state index contributed by atoms with van der Waals surface area (Å²) in [7, 11) is 0. The van der Waals surface area contributed by atoms with E-state index >= 15 is 0 Å². The minimum absolute atomic E-state index is 0.146. The average molecular weight is 310 g/mol. The van der Waals surface area contributed by atoms with E-state index in [4.69, 9.17) is 16.3 Å². The van der Waals surface area contributed by atoms with E-state index in [-0.39, 0.29) is 12.5 Å². The van der Waals surface area contributed by atoms with E-state index in [1.807, 2.05) is 0 Å². The topological polar surface area (TPSA) is 66.8 Å². The molecular weight excluding hydrogens is 294 g/mol. The van der Waals surface area contributed by atoms with Crippen LogP contribution in [-0.2, 0) is 16.0 Å². The van der Waals surface area contributed by atoms with Crippen molar-refractivity contribution < 1.29 is 19.4 Å². The molecule has 112 valence electrons. The number of carboxylic acids is 1. The molecular formula is C15H16ClNO4. The molecule has 0 spiro atoms. The summed E-state index contributed by atoms with van der Waals surface area (Å²) in [4.78, 5) is 25.3. The Morgan fingerprint density at radius 3 is 2.90 bits per heavy atom. The lowest BCUT2D eigenvalue weighted by atomic mass is 9.90. The van der Waals surface area contributed by atoms with Gasteiger partial charge < -0.3 is 14.7 Å². The molecule has 0 bridgehead atoms. The molecule has 1 aromatic carbocycles. The lowest BCUT2D eigenvalue weighted by Crippen LogP contribution is -2.42. The molecule has 1 fully saturated rings. The quantitative estimate of drug-likeness (QED) is 0.907. The van der Waals surface area contributed by atoms with E-state index in [1.54, 1.807) is 30.0 Å². The summed E-state index contributed by atoms with van der Waals surface area (Å²) in [5.41, 5.74) is 0.0609. The Morgan fingerprint density at radius 2 is 2.24 bits per heavy atom. The summed E-state index contributed by atoms with van der Waals surface area (Å²) in [6, 6.07) is 5.29. The van der Waals surface area contributed by atoms with Gasteiger partial charge in [-0.05, 0) is 37.1 Å². The van der Waals surface area contributed by atoms with Crippen molar-refractivity contribution in [3.05, 3.63) is 28.8 Å². The first-order valence-electron chi connectivity index (χ1n) is 6.86. The molecule has 1 N–H and O–H groups in total. The number of likely N-dealkylation sites (tertiary alicyclic amines) is 1. The number of aliphatic carboxylic acids is 1. The number of hydrogen-bond acceptors (Lipinski definition) is 3. The number of ether oxygens (including phenoxy) is 1. The standard InChI is InChI=1S/C15H16ClNO4/c1-15(14(19)20)4-5-17(8-15)13(18)12-7-9-6-10(16)2-3-11(9)21-12/h2-3,6,12H,4-5,7-8H2,1H3,(H,19,20)/t12-,15+/m0/s1. The summed E-state index contributed by atoms with van der Waals surface area (Å²) in [5, 5.41) is 9.84. The number of carbonyl (C=O) groups excluding carboxylic acids is 1. The van der Waals surface area contributed by atoms with Crippen molar-refractivity contribution in [3.63, 3.8) is 0 Å². The molecule has 0 radical (unpaired) electrons. The number of rotatable bonds is 2. The SMILES string of the molecule is C[C@@]1(C(=O)O)CCN(C(=O)[C@@H]2Cc3cc(Cl)ccc3O2)C1. The molecule has 0 aliphatic carbocycles. The zero-order valence-electron chi connectivity index (χ0n) is 11.6. The minimum Gasteiger partial charge on any atom is -0.481 e. The normalized spacial score (nSPS) is 27.3. The first-order valence-corrected chi connectivity index (χ1v) is 7.24. The number of nitrogens with zero attached hydrogens (tertiary/aromatic N) is 1. The van der Waals surface area contributed by atoms with Crippen LogP contribution in [0, 0.1) is 5.41 Å². The van der Waals surface area contributed by atoms with Crippen molar-refractivity contribution in [2.75, 3.05) is 13.1 Å². The van der Waals surface area contributed by atoms with Crippen LogP contribution >= 0.6 is 11.6 Å². The van der Waals surface area contributed by atoms with Gasteiger partial charge in [-0.15, -0.1) is 0 Å². The maximum atomic E-state index is 12.5. The second-order valence-corrected chi connectivity index (χ2v) is 6.37. The highest BCUT2D eigenvalue weighted by atomic mass is 35.5. The van der Waals surface area contributed by atoms with Gasteiger partial charge in [0.2, 0.25) is 0 Å². The first-order chi connectivity index (χ1) is 9.89. The number of fused-ring (bicyclic) bond motifs is 1. The Morgan fingerprint density at radius 1 is 1.48 bits per heavy atom. The Kier molecular flexibility index (Phi) is 3.32. The molecule has 1 amide bonds. The molecule has 1 aromatic rings. The summed E-state index contributed by atoms with van der Waals surface area (Å²) < 4.78 is 5.67. The van der Waals surface area contributed by atoms with Gasteiger partial charge >= 0.3 is 5.97 Å². The molecule has 0 unspecified atom stereocenters. The fourth-order valence-electron chi connectivity index (χ4n) is 2.88. The number of amides is 1. The molecule has 3 rings (SSSR count). The Bertz CT molecular complexity index is 618. The highest BCUT2D eigenvalue weighted by molar-refractivity contribution is 6.30. The van der Waals surface area contributed by atoms with Gasteiger partial charge in [-0.3, -0.25) is 9.59 Å². The first kappa shape index (κ1) is 14.2. The van der Waals surface area contributed by atoms with E-state index in [0.29, 0.717) is 30.2 Å². The van der Waals surface area contributed by atoms with Gasteiger partial charge in [-0.25, -0.2) is 0 Å². The third-order valence-electron chi connectivity index (χ3n) is 4.27. The van der Waals surface area contributed by atoms with Gasteiger partial charge in [0.15, 0.2) is 6.10 Å². The van der Waals surface area contributed by atoms with Gasteiger partial charge in [-0.1, -0.05) is 11.6 Å². The second-order valence-electron chi connectivity index (χ2n) is 5.94. The molecule has 2 atom stereocenters. The van der Waals surface area contributed by atoms with Crippen molar-refractivity contribution in [1.82, 2.24) is 4.90 Å². The molecule has 2 heterocycles.